The second-order valence-electron chi connectivity index (χ2n) is 2.02. The summed E-state index contributed by atoms with van der Waals surface area (Å²) < 4.78 is 0. The summed E-state index contributed by atoms with van der Waals surface area (Å²) in [5.41, 5.74) is 0. The van der Waals surface area contributed by atoms with Crippen molar-refractivity contribution in [3.63, 3.8) is 0 Å². The van der Waals surface area contributed by atoms with Gasteiger partial charge in [0, 0.05) is 13.6 Å². The molecule has 0 spiro atoms. The SMILES string of the molecule is C=CN(C)CCCC. The summed E-state index contributed by atoms with van der Waals surface area (Å²) in [6.45, 7) is 6.97. The van der Waals surface area contributed by atoms with Crippen molar-refractivity contribution in [2.75, 3.05) is 13.6 Å². The van der Waals surface area contributed by atoms with Crippen LogP contribution < -0.4 is 0 Å². The molecular weight excluding hydrogens is 98.1 g/mol. The van der Waals surface area contributed by atoms with E-state index >= 15 is 0 Å². The van der Waals surface area contributed by atoms with Gasteiger partial charge in [-0.2, -0.15) is 0 Å². The van der Waals surface area contributed by atoms with Crippen LogP contribution in [0.3, 0.4) is 0 Å². The first-order valence-electron chi connectivity index (χ1n) is 3.14. The van der Waals surface area contributed by atoms with E-state index in [0.717, 1.165) is 6.54 Å². The zero-order chi connectivity index (χ0) is 6.41. The van der Waals surface area contributed by atoms with Crippen LogP contribution in [0.2, 0.25) is 0 Å². The van der Waals surface area contributed by atoms with Gasteiger partial charge in [0.1, 0.15) is 0 Å². The third kappa shape index (κ3) is 3.72. The minimum atomic E-state index is 1.14. The summed E-state index contributed by atoms with van der Waals surface area (Å²) >= 11 is 0. The van der Waals surface area contributed by atoms with E-state index < -0.39 is 0 Å². The molecule has 0 aromatic rings. The van der Waals surface area contributed by atoms with Crippen molar-refractivity contribution in [1.82, 2.24) is 4.90 Å². The van der Waals surface area contributed by atoms with Crippen molar-refractivity contribution in [3.05, 3.63) is 12.8 Å². The molecule has 0 N–H and O–H groups in total. The molecule has 0 amide bonds. The van der Waals surface area contributed by atoms with E-state index in [-0.39, 0.29) is 0 Å². The van der Waals surface area contributed by atoms with Crippen LogP contribution in [0, 0.1) is 0 Å². The summed E-state index contributed by atoms with van der Waals surface area (Å²) in [5, 5.41) is 0. The van der Waals surface area contributed by atoms with Crippen LogP contribution in [0.25, 0.3) is 0 Å². The summed E-state index contributed by atoms with van der Waals surface area (Å²) in [6, 6.07) is 0. The molecule has 0 aliphatic carbocycles. The largest absolute Gasteiger partial charge is 0.381 e. The number of unbranched alkanes of at least 4 members (excludes halogenated alkanes) is 1. The molecule has 1 nitrogen and oxygen atoms in total. The summed E-state index contributed by atoms with van der Waals surface area (Å²) in [7, 11) is 2.04. The molecule has 0 aromatic heterocycles. The molecule has 8 heavy (non-hydrogen) atoms. The van der Waals surface area contributed by atoms with Gasteiger partial charge in [-0.25, -0.2) is 0 Å². The Morgan fingerprint density at radius 3 is 2.62 bits per heavy atom. The molecule has 0 radical (unpaired) electrons. The molecule has 0 aliphatic rings. The molecule has 0 saturated carbocycles. The lowest BCUT2D eigenvalue weighted by Gasteiger charge is -2.10. The Bertz CT molecular complexity index is 59.4. The quantitative estimate of drug-likeness (QED) is 0.538. The van der Waals surface area contributed by atoms with Crippen LogP contribution in [0.5, 0.6) is 0 Å². The predicted octanol–water partition coefficient (Wildman–Crippen LogP) is 1.86. The fourth-order valence-corrected chi connectivity index (χ4v) is 0.499. The van der Waals surface area contributed by atoms with Gasteiger partial charge in [0.2, 0.25) is 0 Å². The molecule has 0 saturated heterocycles. The number of hydrogen-bond donors (Lipinski definition) is 0. The average molecular weight is 113 g/mol. The van der Waals surface area contributed by atoms with Gasteiger partial charge < -0.3 is 4.90 Å². The van der Waals surface area contributed by atoms with Gasteiger partial charge in [0.15, 0.2) is 0 Å². The molecule has 48 valence electrons. The monoisotopic (exact) mass is 113 g/mol. The van der Waals surface area contributed by atoms with Gasteiger partial charge in [0.25, 0.3) is 0 Å². The summed E-state index contributed by atoms with van der Waals surface area (Å²) in [5.74, 6) is 0. The van der Waals surface area contributed by atoms with Crippen molar-refractivity contribution in [3.8, 4) is 0 Å². The minimum Gasteiger partial charge on any atom is -0.381 e. The normalized spacial score (nSPS) is 8.75. The number of nitrogens with zero attached hydrogens (tertiary/aromatic N) is 1. The van der Waals surface area contributed by atoms with Crippen LogP contribution >= 0.6 is 0 Å². The Labute approximate surface area is 52.0 Å². The van der Waals surface area contributed by atoms with Crippen molar-refractivity contribution < 1.29 is 0 Å². The van der Waals surface area contributed by atoms with Gasteiger partial charge in [-0.15, -0.1) is 0 Å². The lowest BCUT2D eigenvalue weighted by atomic mass is 10.3. The van der Waals surface area contributed by atoms with E-state index in [1.165, 1.54) is 12.8 Å². The predicted molar refractivity (Wildman–Crippen MR) is 37.7 cm³/mol. The molecular formula is C7H15N. The zero-order valence-corrected chi connectivity index (χ0v) is 5.85. The number of hydrogen-bond acceptors (Lipinski definition) is 1. The minimum absolute atomic E-state index is 1.14. The summed E-state index contributed by atoms with van der Waals surface area (Å²) in [4.78, 5) is 2.10. The lowest BCUT2D eigenvalue weighted by molar-refractivity contribution is 0.443. The Morgan fingerprint density at radius 1 is 1.62 bits per heavy atom. The molecule has 0 bridgehead atoms. The zero-order valence-electron chi connectivity index (χ0n) is 5.85. The topological polar surface area (TPSA) is 3.24 Å². The second kappa shape index (κ2) is 4.69. The molecule has 0 aromatic carbocycles. The van der Waals surface area contributed by atoms with Crippen LogP contribution in [-0.2, 0) is 0 Å². The lowest BCUT2D eigenvalue weighted by Crippen LogP contribution is -2.10. The van der Waals surface area contributed by atoms with Crippen molar-refractivity contribution >= 4 is 0 Å². The van der Waals surface area contributed by atoms with Gasteiger partial charge >= 0.3 is 0 Å². The van der Waals surface area contributed by atoms with Crippen molar-refractivity contribution in [2.45, 2.75) is 19.8 Å². The first-order chi connectivity index (χ1) is 3.81. The third-order valence-electron chi connectivity index (χ3n) is 1.18. The van der Waals surface area contributed by atoms with E-state index in [0.29, 0.717) is 0 Å². The Balaban J connectivity index is 2.98. The van der Waals surface area contributed by atoms with E-state index in [1.54, 1.807) is 0 Å². The maximum atomic E-state index is 3.64. The highest BCUT2D eigenvalue weighted by molar-refractivity contribution is 4.64. The van der Waals surface area contributed by atoms with E-state index in [4.69, 9.17) is 0 Å². The number of rotatable bonds is 4. The van der Waals surface area contributed by atoms with E-state index in [1.807, 2.05) is 13.2 Å². The van der Waals surface area contributed by atoms with Crippen LogP contribution in [0.15, 0.2) is 12.8 Å². The van der Waals surface area contributed by atoms with Gasteiger partial charge in [-0.05, 0) is 12.6 Å². The van der Waals surface area contributed by atoms with Crippen LogP contribution in [0.1, 0.15) is 19.8 Å². The van der Waals surface area contributed by atoms with E-state index in [9.17, 15) is 0 Å². The first kappa shape index (κ1) is 7.54. The Hall–Kier alpha value is -0.460. The smallest absolute Gasteiger partial charge is 0.0168 e. The average Bonchev–Trinajstić information content (AvgIpc) is 1.83. The molecule has 1 heteroatoms. The molecule has 0 atom stereocenters. The Kier molecular flexibility index (Phi) is 4.42. The Morgan fingerprint density at radius 2 is 2.25 bits per heavy atom. The first-order valence-corrected chi connectivity index (χ1v) is 3.14. The highest BCUT2D eigenvalue weighted by atomic mass is 15.1. The fraction of sp³-hybridized carbons (Fsp3) is 0.714. The van der Waals surface area contributed by atoms with Gasteiger partial charge in [0.05, 0.1) is 0 Å². The summed E-state index contributed by atoms with van der Waals surface area (Å²) in [6.07, 6.45) is 4.39. The van der Waals surface area contributed by atoms with Gasteiger partial charge in [-0.1, -0.05) is 19.9 Å². The highest BCUT2D eigenvalue weighted by Crippen LogP contribution is 1.89. The maximum Gasteiger partial charge on any atom is 0.0168 e. The third-order valence-corrected chi connectivity index (χ3v) is 1.18. The van der Waals surface area contributed by atoms with Crippen LogP contribution in [0.4, 0.5) is 0 Å². The van der Waals surface area contributed by atoms with Crippen LogP contribution in [-0.4, -0.2) is 18.5 Å². The molecule has 0 rings (SSSR count). The maximum absolute atomic E-state index is 3.64. The molecule has 0 unspecified atom stereocenters. The standard InChI is InChI=1S/C7H15N/c1-4-6-7-8(3)5-2/h5H,2,4,6-7H2,1,3H3. The van der Waals surface area contributed by atoms with E-state index in [2.05, 4.69) is 18.4 Å². The second-order valence-corrected chi connectivity index (χ2v) is 2.02. The van der Waals surface area contributed by atoms with Crippen molar-refractivity contribution in [1.29, 1.82) is 0 Å². The highest BCUT2D eigenvalue weighted by Gasteiger charge is 1.85. The fourth-order valence-electron chi connectivity index (χ4n) is 0.499. The molecule has 0 fully saturated rings. The van der Waals surface area contributed by atoms with Gasteiger partial charge in [-0.3, -0.25) is 0 Å². The van der Waals surface area contributed by atoms with Crippen molar-refractivity contribution in [2.24, 2.45) is 0 Å². The molecule has 0 heterocycles. The molecule has 0 aliphatic heterocycles.